The minimum atomic E-state index is 0.152. The molecule has 14 heavy (non-hydrogen) atoms. The first kappa shape index (κ1) is 10.8. The van der Waals surface area contributed by atoms with Gasteiger partial charge in [-0.1, -0.05) is 6.07 Å². The molecule has 0 aliphatic heterocycles. The summed E-state index contributed by atoms with van der Waals surface area (Å²) in [6, 6.07) is 3.60. The summed E-state index contributed by atoms with van der Waals surface area (Å²) in [7, 11) is 1.53. The lowest BCUT2D eigenvalue weighted by Crippen LogP contribution is -2.04. The number of phenolic OH excluding ortho intramolecular Hbond substituents is 1. The molecular weight excluding hydrogens is 182 g/mol. The lowest BCUT2D eigenvalue weighted by molar-refractivity contribution is 0.141. The van der Waals surface area contributed by atoms with Crippen molar-refractivity contribution in [3.05, 3.63) is 23.3 Å². The van der Waals surface area contributed by atoms with Gasteiger partial charge in [-0.05, 0) is 30.5 Å². The van der Waals surface area contributed by atoms with Crippen LogP contribution in [-0.2, 0) is 11.3 Å². The van der Waals surface area contributed by atoms with Crippen molar-refractivity contribution in [1.29, 1.82) is 0 Å². The van der Waals surface area contributed by atoms with Gasteiger partial charge in [-0.15, -0.1) is 0 Å². The predicted octanol–water partition coefficient (Wildman–Crippen LogP) is 1.14. The molecule has 0 fully saturated rings. The highest BCUT2D eigenvalue weighted by Gasteiger charge is 2.07. The summed E-state index contributed by atoms with van der Waals surface area (Å²) in [5.74, 6) is 5.59. The van der Waals surface area contributed by atoms with Crippen LogP contribution < -0.4 is 10.6 Å². The second kappa shape index (κ2) is 4.83. The Balaban J connectivity index is 2.90. The molecule has 0 saturated carbocycles. The molecule has 78 valence electrons. The highest BCUT2D eigenvalue weighted by atomic mass is 16.6. The van der Waals surface area contributed by atoms with Crippen molar-refractivity contribution in [2.75, 3.05) is 13.7 Å². The first-order valence-electron chi connectivity index (χ1n) is 4.37. The zero-order valence-electron chi connectivity index (χ0n) is 8.41. The average molecular weight is 197 g/mol. The van der Waals surface area contributed by atoms with Gasteiger partial charge >= 0.3 is 0 Å². The molecule has 0 bridgehead atoms. The molecule has 0 atom stereocenters. The fourth-order valence-corrected chi connectivity index (χ4v) is 1.42. The van der Waals surface area contributed by atoms with Crippen LogP contribution in [0.25, 0.3) is 0 Å². The number of aryl methyl sites for hydroxylation is 1. The van der Waals surface area contributed by atoms with Gasteiger partial charge in [-0.25, -0.2) is 5.90 Å². The zero-order chi connectivity index (χ0) is 10.6. The third kappa shape index (κ3) is 2.37. The van der Waals surface area contributed by atoms with E-state index in [1.165, 1.54) is 7.11 Å². The molecule has 4 heteroatoms. The van der Waals surface area contributed by atoms with Crippen LogP contribution in [-0.4, -0.2) is 18.8 Å². The van der Waals surface area contributed by atoms with Gasteiger partial charge in [-0.3, -0.25) is 0 Å². The Morgan fingerprint density at radius 1 is 1.43 bits per heavy atom. The van der Waals surface area contributed by atoms with E-state index in [0.717, 1.165) is 11.1 Å². The Morgan fingerprint density at radius 3 is 2.64 bits per heavy atom. The van der Waals surface area contributed by atoms with Crippen LogP contribution in [0.4, 0.5) is 0 Å². The molecule has 1 aromatic carbocycles. The average Bonchev–Trinajstić information content (AvgIpc) is 2.14. The number of hydrogen-bond acceptors (Lipinski definition) is 4. The lowest BCUT2D eigenvalue weighted by Gasteiger charge is -2.09. The minimum absolute atomic E-state index is 0.152. The van der Waals surface area contributed by atoms with E-state index in [-0.39, 0.29) is 5.75 Å². The Morgan fingerprint density at radius 2 is 2.14 bits per heavy atom. The van der Waals surface area contributed by atoms with Crippen molar-refractivity contribution in [1.82, 2.24) is 0 Å². The molecule has 0 heterocycles. The van der Waals surface area contributed by atoms with E-state index in [4.69, 9.17) is 10.6 Å². The standard InChI is InChI=1S/C10H15NO3/c1-7-5-8(3-4-14-11)6-9(12)10(7)13-2/h5-6,12H,3-4,11H2,1-2H3. The van der Waals surface area contributed by atoms with Crippen molar-refractivity contribution in [2.24, 2.45) is 5.90 Å². The number of ether oxygens (including phenoxy) is 1. The molecule has 0 aliphatic carbocycles. The maximum Gasteiger partial charge on any atom is 0.163 e. The summed E-state index contributed by atoms with van der Waals surface area (Å²) in [6.45, 7) is 2.32. The summed E-state index contributed by atoms with van der Waals surface area (Å²) in [6.07, 6.45) is 0.675. The van der Waals surface area contributed by atoms with Crippen LogP contribution in [0.2, 0.25) is 0 Å². The molecule has 0 spiro atoms. The number of methoxy groups -OCH3 is 1. The largest absolute Gasteiger partial charge is 0.504 e. The quantitative estimate of drug-likeness (QED) is 0.710. The van der Waals surface area contributed by atoms with E-state index in [1.807, 2.05) is 13.0 Å². The molecule has 4 nitrogen and oxygen atoms in total. The Bertz CT molecular complexity index is 289. The van der Waals surface area contributed by atoms with Crippen molar-refractivity contribution in [2.45, 2.75) is 13.3 Å². The maximum absolute atomic E-state index is 9.57. The van der Waals surface area contributed by atoms with Crippen LogP contribution in [0.15, 0.2) is 12.1 Å². The van der Waals surface area contributed by atoms with Crippen molar-refractivity contribution >= 4 is 0 Å². The Labute approximate surface area is 83.2 Å². The van der Waals surface area contributed by atoms with Crippen molar-refractivity contribution < 1.29 is 14.7 Å². The van der Waals surface area contributed by atoms with Crippen molar-refractivity contribution in [3.63, 3.8) is 0 Å². The second-order valence-corrected chi connectivity index (χ2v) is 3.09. The van der Waals surface area contributed by atoms with E-state index < -0.39 is 0 Å². The summed E-state index contributed by atoms with van der Waals surface area (Å²) in [5.41, 5.74) is 1.88. The van der Waals surface area contributed by atoms with Crippen LogP contribution in [0.3, 0.4) is 0 Å². The number of nitrogens with two attached hydrogens (primary N) is 1. The molecule has 1 aromatic rings. The van der Waals surface area contributed by atoms with E-state index in [0.29, 0.717) is 18.8 Å². The Kier molecular flexibility index (Phi) is 3.73. The van der Waals surface area contributed by atoms with Gasteiger partial charge in [0.25, 0.3) is 0 Å². The molecule has 0 aromatic heterocycles. The minimum Gasteiger partial charge on any atom is -0.504 e. The SMILES string of the molecule is COc1c(C)cc(CCON)cc1O. The third-order valence-electron chi connectivity index (χ3n) is 2.03. The highest BCUT2D eigenvalue weighted by molar-refractivity contribution is 5.47. The summed E-state index contributed by atoms with van der Waals surface area (Å²) in [4.78, 5) is 4.47. The number of benzene rings is 1. The molecule has 3 N–H and O–H groups in total. The van der Waals surface area contributed by atoms with Gasteiger partial charge in [0.05, 0.1) is 13.7 Å². The molecule has 0 saturated heterocycles. The summed E-state index contributed by atoms with van der Waals surface area (Å²) < 4.78 is 5.03. The number of aromatic hydroxyl groups is 1. The topological polar surface area (TPSA) is 64.7 Å². The first-order chi connectivity index (χ1) is 6.69. The predicted molar refractivity (Wildman–Crippen MR) is 53.2 cm³/mol. The normalized spacial score (nSPS) is 10.2. The second-order valence-electron chi connectivity index (χ2n) is 3.09. The molecule has 0 amide bonds. The molecule has 0 aliphatic rings. The molecule has 0 radical (unpaired) electrons. The summed E-state index contributed by atoms with van der Waals surface area (Å²) in [5, 5.41) is 9.57. The van der Waals surface area contributed by atoms with Gasteiger partial charge in [0.1, 0.15) is 0 Å². The van der Waals surface area contributed by atoms with Crippen LogP contribution in [0.1, 0.15) is 11.1 Å². The Hall–Kier alpha value is -1.26. The summed E-state index contributed by atoms with van der Waals surface area (Å²) >= 11 is 0. The number of rotatable bonds is 4. The molecule has 0 unspecified atom stereocenters. The van der Waals surface area contributed by atoms with Gasteiger partial charge < -0.3 is 14.7 Å². The highest BCUT2D eigenvalue weighted by Crippen LogP contribution is 2.30. The fourth-order valence-electron chi connectivity index (χ4n) is 1.42. The smallest absolute Gasteiger partial charge is 0.163 e. The molecule has 1 rings (SSSR count). The van der Waals surface area contributed by atoms with E-state index in [2.05, 4.69) is 4.84 Å². The number of phenols is 1. The monoisotopic (exact) mass is 197 g/mol. The van der Waals surface area contributed by atoms with Crippen LogP contribution >= 0.6 is 0 Å². The zero-order valence-corrected chi connectivity index (χ0v) is 8.41. The maximum atomic E-state index is 9.57. The fraction of sp³-hybridized carbons (Fsp3) is 0.400. The van der Waals surface area contributed by atoms with E-state index in [1.54, 1.807) is 6.07 Å². The van der Waals surface area contributed by atoms with Gasteiger partial charge in [0, 0.05) is 0 Å². The van der Waals surface area contributed by atoms with Crippen LogP contribution in [0, 0.1) is 6.92 Å². The lowest BCUT2D eigenvalue weighted by atomic mass is 10.1. The van der Waals surface area contributed by atoms with Crippen LogP contribution in [0.5, 0.6) is 11.5 Å². The van der Waals surface area contributed by atoms with Gasteiger partial charge in [0.2, 0.25) is 0 Å². The van der Waals surface area contributed by atoms with E-state index in [9.17, 15) is 5.11 Å². The third-order valence-corrected chi connectivity index (χ3v) is 2.03. The molecular formula is C10H15NO3. The van der Waals surface area contributed by atoms with E-state index >= 15 is 0 Å². The van der Waals surface area contributed by atoms with Gasteiger partial charge in [-0.2, -0.15) is 0 Å². The number of hydrogen-bond donors (Lipinski definition) is 2. The van der Waals surface area contributed by atoms with Crippen molar-refractivity contribution in [3.8, 4) is 11.5 Å². The van der Waals surface area contributed by atoms with Gasteiger partial charge in [0.15, 0.2) is 11.5 Å². The first-order valence-corrected chi connectivity index (χ1v) is 4.37.